The molecule has 1 fully saturated rings. The number of rotatable bonds is 9. The Bertz CT molecular complexity index is 1790. The highest BCUT2D eigenvalue weighted by Crippen LogP contribution is 2.40. The summed E-state index contributed by atoms with van der Waals surface area (Å²) in [7, 11) is -1.83. The van der Waals surface area contributed by atoms with Crippen LogP contribution in [0.3, 0.4) is 0 Å². The van der Waals surface area contributed by atoms with Gasteiger partial charge in [0.2, 0.25) is 0 Å². The van der Waals surface area contributed by atoms with Crippen LogP contribution in [0.4, 0.5) is 18.9 Å². The molecule has 0 radical (unpaired) electrons. The summed E-state index contributed by atoms with van der Waals surface area (Å²) in [6.45, 7) is 17.0. The third-order valence-electron chi connectivity index (χ3n) is 10.4. The second-order valence-corrected chi connectivity index (χ2v) is 19.4. The number of alkyl halides is 3. The van der Waals surface area contributed by atoms with Gasteiger partial charge in [-0.3, -0.25) is 4.68 Å². The van der Waals surface area contributed by atoms with E-state index in [9.17, 15) is 18.0 Å². The molecule has 258 valence electrons. The fourth-order valence-corrected chi connectivity index (χ4v) is 8.15. The van der Waals surface area contributed by atoms with E-state index in [2.05, 4.69) is 43.7 Å². The first-order valence-corrected chi connectivity index (χ1v) is 19.8. The summed E-state index contributed by atoms with van der Waals surface area (Å²) in [6, 6.07) is 8.41. The first-order valence-electron chi connectivity index (χ1n) is 16.9. The lowest BCUT2D eigenvalue weighted by molar-refractivity contribution is -0.146. The summed E-state index contributed by atoms with van der Waals surface area (Å²) < 4.78 is 58.6. The molecular weight excluding hydrogens is 636 g/mol. The molecule has 48 heavy (non-hydrogen) atoms. The molecule has 12 heteroatoms. The number of piperidine rings is 1. The first-order chi connectivity index (χ1) is 22.7. The average molecular weight is 682 g/mol. The summed E-state index contributed by atoms with van der Waals surface area (Å²) in [5.74, 6) is -0.628. The minimum absolute atomic E-state index is 0.107. The van der Waals surface area contributed by atoms with Crippen LogP contribution in [-0.2, 0) is 26.9 Å². The quantitative estimate of drug-likeness (QED) is 0.131. The summed E-state index contributed by atoms with van der Waals surface area (Å²) in [5, 5.41) is 5.13. The van der Waals surface area contributed by atoms with Crippen molar-refractivity contribution in [3.05, 3.63) is 65.4 Å². The van der Waals surface area contributed by atoms with Crippen LogP contribution >= 0.6 is 0 Å². The normalized spacial score (nSPS) is 18.1. The second kappa shape index (κ2) is 13.0. The Hall–Kier alpha value is -3.64. The van der Waals surface area contributed by atoms with Crippen molar-refractivity contribution < 1.29 is 27.1 Å². The van der Waals surface area contributed by atoms with Crippen LogP contribution in [0.1, 0.15) is 75.5 Å². The van der Waals surface area contributed by atoms with Gasteiger partial charge < -0.3 is 18.6 Å². The highest BCUT2D eigenvalue weighted by atomic mass is 28.4. The van der Waals surface area contributed by atoms with Gasteiger partial charge in [0.25, 0.3) is 6.43 Å². The number of ether oxygens (including phenoxy) is 1. The van der Waals surface area contributed by atoms with Crippen LogP contribution in [0.5, 0.6) is 0 Å². The lowest BCUT2D eigenvalue weighted by Gasteiger charge is -2.42. The molecule has 4 heterocycles. The predicted octanol–water partition coefficient (Wildman–Crippen LogP) is 8.18. The number of hydrogen-bond donors (Lipinski definition) is 0. The summed E-state index contributed by atoms with van der Waals surface area (Å²) in [6.07, 6.45) is 1.41. The molecule has 0 bridgehead atoms. The third-order valence-corrected chi connectivity index (χ3v) is 14.9. The SMILES string of the molecule is CCOC(=O)C(c1ncn2c1C[C@@H](F)C2)n1cc2c(C(F)F)cc(-c3ccc(N4CCC(O[Si](C)(C)C(C)(C)C)CC4)cc3)c(C)c2n1. The van der Waals surface area contributed by atoms with E-state index in [1.165, 1.54) is 23.3 Å². The van der Waals surface area contributed by atoms with Crippen molar-refractivity contribution in [3.63, 3.8) is 0 Å². The zero-order valence-electron chi connectivity index (χ0n) is 28.9. The Balaban J connectivity index is 1.29. The van der Waals surface area contributed by atoms with Gasteiger partial charge in [-0.1, -0.05) is 32.9 Å². The van der Waals surface area contributed by atoms with Gasteiger partial charge in [0.05, 0.1) is 30.7 Å². The van der Waals surface area contributed by atoms with Crippen LogP contribution < -0.4 is 4.90 Å². The number of nitrogens with zero attached hydrogens (tertiary/aromatic N) is 5. The number of imidazole rings is 1. The number of esters is 1. The van der Waals surface area contributed by atoms with E-state index in [1.54, 1.807) is 11.5 Å². The molecule has 0 amide bonds. The maximum atomic E-state index is 14.6. The Labute approximate surface area is 281 Å². The van der Waals surface area contributed by atoms with E-state index >= 15 is 0 Å². The van der Waals surface area contributed by atoms with Crippen molar-refractivity contribution in [2.24, 2.45) is 0 Å². The molecule has 1 unspecified atom stereocenters. The van der Waals surface area contributed by atoms with Gasteiger partial charge in [0.1, 0.15) is 6.17 Å². The Morgan fingerprint density at radius 3 is 2.44 bits per heavy atom. The highest BCUT2D eigenvalue weighted by molar-refractivity contribution is 6.74. The molecule has 2 aromatic carbocycles. The van der Waals surface area contributed by atoms with Gasteiger partial charge in [0, 0.05) is 54.1 Å². The number of benzene rings is 2. The minimum Gasteiger partial charge on any atom is -0.464 e. The van der Waals surface area contributed by atoms with Crippen molar-refractivity contribution in [3.8, 4) is 11.1 Å². The van der Waals surface area contributed by atoms with Gasteiger partial charge in [-0.05, 0) is 79.7 Å². The van der Waals surface area contributed by atoms with Gasteiger partial charge in [-0.25, -0.2) is 22.9 Å². The number of anilines is 1. The number of carbonyl (C=O) groups is 1. The van der Waals surface area contributed by atoms with Crippen molar-refractivity contribution in [1.29, 1.82) is 0 Å². The molecule has 2 aliphatic heterocycles. The smallest absolute Gasteiger partial charge is 0.337 e. The molecule has 0 saturated carbocycles. The van der Waals surface area contributed by atoms with E-state index in [4.69, 9.17) is 14.3 Å². The molecule has 1 saturated heterocycles. The highest BCUT2D eigenvalue weighted by Gasteiger charge is 2.40. The van der Waals surface area contributed by atoms with E-state index in [1.807, 2.05) is 31.2 Å². The average Bonchev–Trinajstić information content (AvgIpc) is 3.73. The molecule has 2 aromatic heterocycles. The van der Waals surface area contributed by atoms with Crippen LogP contribution in [0, 0.1) is 6.92 Å². The van der Waals surface area contributed by atoms with Crippen molar-refractivity contribution in [2.75, 3.05) is 24.6 Å². The number of aryl methyl sites for hydroxylation is 1. The topological polar surface area (TPSA) is 74.4 Å². The standard InChI is InChI=1S/C36H46F3N5O3Si/c1-8-46-35(45)33(32-30-17-24(37)19-43(30)21-40-32)44-20-29-28(34(38)39)18-27(22(2)31(29)41-44)23-9-11-25(12-10-23)42-15-13-26(14-16-42)47-48(6,7)36(3,4)5/h9-12,18,20-21,24,26,33-34H,8,13-17,19H2,1-7H3/t24-,33?/m1/s1. The van der Waals surface area contributed by atoms with E-state index in [-0.39, 0.29) is 41.7 Å². The van der Waals surface area contributed by atoms with Gasteiger partial charge in [-0.2, -0.15) is 5.10 Å². The maximum Gasteiger partial charge on any atom is 0.337 e. The summed E-state index contributed by atoms with van der Waals surface area (Å²) in [4.78, 5) is 20.1. The zero-order chi connectivity index (χ0) is 34.5. The minimum atomic E-state index is -2.77. The van der Waals surface area contributed by atoms with Crippen molar-refractivity contribution >= 4 is 30.9 Å². The van der Waals surface area contributed by atoms with Crippen LogP contribution in [0.15, 0.2) is 42.9 Å². The summed E-state index contributed by atoms with van der Waals surface area (Å²) >= 11 is 0. The fraction of sp³-hybridized carbons (Fsp3) is 0.528. The van der Waals surface area contributed by atoms with Crippen LogP contribution in [0.25, 0.3) is 22.0 Å². The van der Waals surface area contributed by atoms with E-state index in [0.717, 1.165) is 37.2 Å². The number of aromatic nitrogens is 4. The zero-order valence-corrected chi connectivity index (χ0v) is 29.9. The van der Waals surface area contributed by atoms with Gasteiger partial charge >= 0.3 is 5.97 Å². The van der Waals surface area contributed by atoms with Crippen molar-refractivity contribution in [1.82, 2.24) is 19.3 Å². The lowest BCUT2D eigenvalue weighted by atomic mass is 9.95. The molecule has 0 spiro atoms. The second-order valence-electron chi connectivity index (χ2n) is 14.6. The fourth-order valence-electron chi connectivity index (χ4n) is 6.72. The van der Waals surface area contributed by atoms with Gasteiger partial charge in [-0.15, -0.1) is 0 Å². The maximum absolute atomic E-state index is 14.6. The first kappa shape index (κ1) is 34.2. The predicted molar refractivity (Wildman–Crippen MR) is 184 cm³/mol. The Kier molecular flexibility index (Phi) is 9.27. The van der Waals surface area contributed by atoms with E-state index < -0.39 is 32.9 Å². The molecule has 2 atom stereocenters. The largest absolute Gasteiger partial charge is 0.464 e. The third kappa shape index (κ3) is 6.40. The van der Waals surface area contributed by atoms with Gasteiger partial charge in [0.15, 0.2) is 14.4 Å². The van der Waals surface area contributed by atoms with E-state index in [0.29, 0.717) is 28.0 Å². The number of fused-ring (bicyclic) bond motifs is 2. The Morgan fingerprint density at radius 1 is 1.12 bits per heavy atom. The molecule has 4 aromatic rings. The molecular formula is C36H46F3N5O3Si. The van der Waals surface area contributed by atoms with Crippen molar-refractivity contribution in [2.45, 2.75) is 103 Å². The van der Waals surface area contributed by atoms with Crippen LogP contribution in [-0.4, -0.2) is 65.6 Å². The number of hydrogen-bond acceptors (Lipinski definition) is 6. The number of carbonyl (C=O) groups excluding carboxylic acids is 1. The molecule has 0 aliphatic carbocycles. The Morgan fingerprint density at radius 2 is 1.81 bits per heavy atom. The molecule has 2 aliphatic rings. The monoisotopic (exact) mass is 681 g/mol. The molecule has 6 rings (SSSR count). The molecule has 8 nitrogen and oxygen atoms in total. The lowest BCUT2D eigenvalue weighted by Crippen LogP contribution is -2.47. The van der Waals surface area contributed by atoms with Crippen LogP contribution in [0.2, 0.25) is 18.1 Å². The molecule has 0 N–H and O–H groups in total. The summed E-state index contributed by atoms with van der Waals surface area (Å²) in [5.41, 5.74) is 4.34. The number of halogens is 3.